The molecule has 1 aromatic carbocycles. The van der Waals surface area contributed by atoms with Crippen LogP contribution in [0.3, 0.4) is 0 Å². The number of alkyl halides is 1. The van der Waals surface area contributed by atoms with Crippen molar-refractivity contribution < 1.29 is 9.47 Å². The highest BCUT2D eigenvalue weighted by Gasteiger charge is 2.15. The van der Waals surface area contributed by atoms with Gasteiger partial charge in [0.15, 0.2) is 0 Å². The number of halogens is 1. The van der Waals surface area contributed by atoms with Gasteiger partial charge >= 0.3 is 0 Å². The van der Waals surface area contributed by atoms with E-state index in [-0.39, 0.29) is 6.10 Å². The molecule has 1 aliphatic heterocycles. The molecule has 18 heavy (non-hydrogen) atoms. The lowest BCUT2D eigenvalue weighted by Gasteiger charge is -2.12. The van der Waals surface area contributed by atoms with E-state index in [1.54, 1.807) is 0 Å². The zero-order valence-corrected chi connectivity index (χ0v) is 11.3. The van der Waals surface area contributed by atoms with E-state index in [0.717, 1.165) is 36.3 Å². The van der Waals surface area contributed by atoms with E-state index in [2.05, 4.69) is 11.8 Å². The zero-order chi connectivity index (χ0) is 12.8. The maximum absolute atomic E-state index is 5.73. The molecule has 1 atom stereocenters. The number of hydrogen-bond acceptors (Lipinski definition) is 2. The third-order valence-electron chi connectivity index (χ3n) is 2.95. The molecule has 2 nitrogen and oxygen atoms in total. The average molecular weight is 265 g/mol. The van der Waals surface area contributed by atoms with E-state index in [1.165, 1.54) is 0 Å². The summed E-state index contributed by atoms with van der Waals surface area (Å²) in [6.07, 6.45) is 2.49. The van der Waals surface area contributed by atoms with Crippen molar-refractivity contribution in [2.75, 3.05) is 19.1 Å². The van der Waals surface area contributed by atoms with Gasteiger partial charge in [0, 0.05) is 12.2 Å². The van der Waals surface area contributed by atoms with Gasteiger partial charge in [-0.05, 0) is 43.5 Å². The van der Waals surface area contributed by atoms with Crippen molar-refractivity contribution in [1.82, 2.24) is 0 Å². The molecular formula is C15H17ClO2. The van der Waals surface area contributed by atoms with E-state index in [0.29, 0.717) is 12.5 Å². The van der Waals surface area contributed by atoms with Gasteiger partial charge < -0.3 is 9.47 Å². The standard InChI is InChI=1S/C15H17ClO2/c1-12-10-14(7-6-13(12)4-2-8-16)18-11-15-5-3-9-17-15/h6-7,10,15H,3,5,8-9,11H2,1H3. The molecule has 1 aliphatic rings. The van der Waals surface area contributed by atoms with Gasteiger partial charge in [-0.3, -0.25) is 0 Å². The molecule has 0 aromatic heterocycles. The molecule has 0 aliphatic carbocycles. The lowest BCUT2D eigenvalue weighted by atomic mass is 10.1. The number of hydrogen-bond donors (Lipinski definition) is 0. The smallest absolute Gasteiger partial charge is 0.119 e. The highest BCUT2D eigenvalue weighted by atomic mass is 35.5. The van der Waals surface area contributed by atoms with Crippen LogP contribution in [-0.4, -0.2) is 25.2 Å². The van der Waals surface area contributed by atoms with Gasteiger partial charge in [0.2, 0.25) is 0 Å². The molecule has 0 radical (unpaired) electrons. The van der Waals surface area contributed by atoms with E-state index in [1.807, 2.05) is 25.1 Å². The minimum Gasteiger partial charge on any atom is -0.491 e. The molecule has 0 N–H and O–H groups in total. The molecule has 0 amide bonds. The summed E-state index contributed by atoms with van der Waals surface area (Å²) in [5.74, 6) is 7.11. The minimum atomic E-state index is 0.251. The molecule has 2 rings (SSSR count). The minimum absolute atomic E-state index is 0.251. The lowest BCUT2D eigenvalue weighted by Crippen LogP contribution is -2.16. The Morgan fingerprint density at radius 3 is 3.06 bits per heavy atom. The Bertz CT molecular complexity index is 453. The van der Waals surface area contributed by atoms with Crippen LogP contribution in [0.5, 0.6) is 5.75 Å². The first-order valence-electron chi connectivity index (χ1n) is 6.19. The summed E-state index contributed by atoms with van der Waals surface area (Å²) in [5, 5.41) is 0. The summed E-state index contributed by atoms with van der Waals surface area (Å²) < 4.78 is 11.3. The Labute approximate surface area is 113 Å². The summed E-state index contributed by atoms with van der Waals surface area (Å²) in [7, 11) is 0. The molecule has 1 unspecified atom stereocenters. The Kier molecular flexibility index (Phi) is 4.92. The fourth-order valence-corrected chi connectivity index (χ4v) is 2.03. The second kappa shape index (κ2) is 6.68. The molecule has 0 saturated carbocycles. The van der Waals surface area contributed by atoms with Crippen LogP contribution in [0.4, 0.5) is 0 Å². The maximum Gasteiger partial charge on any atom is 0.119 e. The molecule has 96 valence electrons. The van der Waals surface area contributed by atoms with Crippen LogP contribution in [0.15, 0.2) is 18.2 Å². The Balaban J connectivity index is 1.95. The number of ether oxygens (including phenoxy) is 2. The maximum atomic E-state index is 5.73. The normalized spacial score (nSPS) is 18.2. The molecule has 1 fully saturated rings. The van der Waals surface area contributed by atoms with Crippen LogP contribution in [0.1, 0.15) is 24.0 Å². The zero-order valence-electron chi connectivity index (χ0n) is 10.5. The van der Waals surface area contributed by atoms with Crippen molar-refractivity contribution in [2.45, 2.75) is 25.9 Å². The van der Waals surface area contributed by atoms with Gasteiger partial charge in [-0.15, -0.1) is 11.6 Å². The predicted molar refractivity (Wildman–Crippen MR) is 73.2 cm³/mol. The Morgan fingerprint density at radius 1 is 1.50 bits per heavy atom. The van der Waals surface area contributed by atoms with Crippen molar-refractivity contribution in [3.8, 4) is 17.6 Å². The van der Waals surface area contributed by atoms with Gasteiger partial charge in [0.25, 0.3) is 0 Å². The molecule has 3 heteroatoms. The second-order valence-electron chi connectivity index (χ2n) is 4.36. The highest BCUT2D eigenvalue weighted by molar-refractivity contribution is 6.19. The van der Waals surface area contributed by atoms with Gasteiger partial charge in [-0.1, -0.05) is 11.8 Å². The fourth-order valence-electron chi connectivity index (χ4n) is 1.96. The highest BCUT2D eigenvalue weighted by Crippen LogP contribution is 2.19. The van der Waals surface area contributed by atoms with Gasteiger partial charge in [-0.2, -0.15) is 0 Å². The first-order chi connectivity index (χ1) is 8.79. The summed E-state index contributed by atoms with van der Waals surface area (Å²) >= 11 is 5.55. The quantitative estimate of drug-likeness (QED) is 0.617. The summed E-state index contributed by atoms with van der Waals surface area (Å²) in [4.78, 5) is 0. The SMILES string of the molecule is Cc1cc(OCC2CCCO2)ccc1C#CCCl. The van der Waals surface area contributed by atoms with Crippen molar-refractivity contribution >= 4 is 11.6 Å². The van der Waals surface area contributed by atoms with Crippen molar-refractivity contribution in [3.63, 3.8) is 0 Å². The third kappa shape index (κ3) is 3.66. The van der Waals surface area contributed by atoms with Crippen molar-refractivity contribution in [3.05, 3.63) is 29.3 Å². The summed E-state index contributed by atoms with van der Waals surface area (Å²) in [6.45, 7) is 3.52. The number of aryl methyl sites for hydroxylation is 1. The van der Waals surface area contributed by atoms with Gasteiger partial charge in [-0.25, -0.2) is 0 Å². The molecule has 0 bridgehead atoms. The monoisotopic (exact) mass is 264 g/mol. The Hall–Kier alpha value is -1.17. The first-order valence-corrected chi connectivity index (χ1v) is 6.73. The van der Waals surface area contributed by atoms with Crippen LogP contribution in [-0.2, 0) is 4.74 Å². The lowest BCUT2D eigenvalue weighted by molar-refractivity contribution is 0.0679. The largest absolute Gasteiger partial charge is 0.491 e. The third-order valence-corrected chi connectivity index (χ3v) is 3.08. The predicted octanol–water partition coefficient (Wildman–Crippen LogP) is 3.14. The average Bonchev–Trinajstić information content (AvgIpc) is 2.88. The van der Waals surface area contributed by atoms with Crippen molar-refractivity contribution in [2.24, 2.45) is 0 Å². The molecule has 1 aromatic rings. The van der Waals surface area contributed by atoms with E-state index in [4.69, 9.17) is 21.1 Å². The van der Waals surface area contributed by atoms with Crippen LogP contribution < -0.4 is 4.74 Å². The van der Waals surface area contributed by atoms with Crippen molar-refractivity contribution in [1.29, 1.82) is 0 Å². The molecular weight excluding hydrogens is 248 g/mol. The second-order valence-corrected chi connectivity index (χ2v) is 4.63. The van der Waals surface area contributed by atoms with Crippen LogP contribution in [0, 0.1) is 18.8 Å². The molecule has 1 saturated heterocycles. The number of rotatable bonds is 3. The van der Waals surface area contributed by atoms with E-state index in [9.17, 15) is 0 Å². The van der Waals surface area contributed by atoms with E-state index >= 15 is 0 Å². The molecule has 1 heterocycles. The first kappa shape index (κ1) is 13.3. The summed E-state index contributed by atoms with van der Waals surface area (Å²) in [6, 6.07) is 5.92. The topological polar surface area (TPSA) is 18.5 Å². The molecule has 0 spiro atoms. The van der Waals surface area contributed by atoms with Gasteiger partial charge in [0.05, 0.1) is 12.0 Å². The Morgan fingerprint density at radius 2 is 2.39 bits per heavy atom. The van der Waals surface area contributed by atoms with Gasteiger partial charge in [0.1, 0.15) is 12.4 Å². The fraction of sp³-hybridized carbons (Fsp3) is 0.467. The van der Waals surface area contributed by atoms with E-state index < -0.39 is 0 Å². The van der Waals surface area contributed by atoms with Crippen LogP contribution in [0.25, 0.3) is 0 Å². The van der Waals surface area contributed by atoms with Crippen LogP contribution in [0.2, 0.25) is 0 Å². The van der Waals surface area contributed by atoms with Crippen LogP contribution >= 0.6 is 11.6 Å². The summed E-state index contributed by atoms with van der Waals surface area (Å²) in [5.41, 5.74) is 2.11. The number of benzene rings is 1.